The molecule has 1 fully saturated rings. The molecule has 1 aromatic carbocycles. The average molecular weight is 357 g/mol. The monoisotopic (exact) mass is 357 g/mol. The van der Waals surface area contributed by atoms with Crippen LogP contribution in [0.25, 0.3) is 0 Å². The highest BCUT2D eigenvalue weighted by atomic mass is 19.4. The van der Waals surface area contributed by atoms with Crippen LogP contribution in [0.1, 0.15) is 31.7 Å². The van der Waals surface area contributed by atoms with Gasteiger partial charge in [0.05, 0.1) is 5.56 Å². The number of nitrogens with zero attached hydrogens (tertiary/aromatic N) is 1. The van der Waals surface area contributed by atoms with Crippen LogP contribution in [0.3, 0.4) is 0 Å². The Morgan fingerprint density at radius 1 is 1.32 bits per heavy atom. The molecule has 1 atom stereocenters. The molecule has 2 N–H and O–H groups in total. The molecule has 0 radical (unpaired) electrons. The Bertz CT molecular complexity index is 619. The van der Waals surface area contributed by atoms with E-state index in [-0.39, 0.29) is 17.5 Å². The van der Waals surface area contributed by atoms with Crippen LogP contribution in [0.2, 0.25) is 0 Å². The number of amides is 3. The predicted octanol–water partition coefficient (Wildman–Crippen LogP) is 3.48. The second-order valence-corrected chi connectivity index (χ2v) is 6.12. The van der Waals surface area contributed by atoms with Crippen molar-refractivity contribution in [1.29, 1.82) is 0 Å². The lowest BCUT2D eigenvalue weighted by atomic mass is 9.98. The van der Waals surface area contributed by atoms with Crippen LogP contribution in [0.5, 0.6) is 0 Å². The van der Waals surface area contributed by atoms with Crippen LogP contribution in [0, 0.1) is 5.92 Å². The number of likely N-dealkylation sites (tertiary alicyclic amines) is 1. The van der Waals surface area contributed by atoms with Crippen molar-refractivity contribution in [2.45, 2.75) is 32.4 Å². The van der Waals surface area contributed by atoms with E-state index in [4.69, 9.17) is 0 Å². The molecule has 3 amide bonds. The smallest absolute Gasteiger partial charge is 0.356 e. The number of halogens is 3. The van der Waals surface area contributed by atoms with Crippen molar-refractivity contribution in [3.05, 3.63) is 29.8 Å². The highest BCUT2D eigenvalue weighted by Gasteiger charge is 2.31. The third kappa shape index (κ3) is 5.65. The number of carbonyl (C=O) groups excluding carboxylic acids is 2. The number of hydrogen-bond acceptors (Lipinski definition) is 2. The number of urea groups is 1. The summed E-state index contributed by atoms with van der Waals surface area (Å²) >= 11 is 0. The first-order chi connectivity index (χ1) is 11.8. The van der Waals surface area contributed by atoms with E-state index in [9.17, 15) is 22.8 Å². The lowest BCUT2D eigenvalue weighted by Gasteiger charge is -2.33. The van der Waals surface area contributed by atoms with Crippen LogP contribution < -0.4 is 10.6 Å². The molecule has 0 saturated carbocycles. The van der Waals surface area contributed by atoms with Crippen molar-refractivity contribution < 1.29 is 22.8 Å². The fourth-order valence-electron chi connectivity index (χ4n) is 2.78. The minimum Gasteiger partial charge on any atom is -0.356 e. The van der Waals surface area contributed by atoms with Gasteiger partial charge in [-0.3, -0.25) is 4.79 Å². The molecule has 1 aliphatic rings. The molecule has 138 valence electrons. The quantitative estimate of drug-likeness (QED) is 0.867. The molecule has 1 aliphatic heterocycles. The molecule has 1 heterocycles. The first-order valence-corrected chi connectivity index (χ1v) is 8.29. The molecule has 25 heavy (non-hydrogen) atoms. The van der Waals surface area contributed by atoms with Crippen molar-refractivity contribution in [3.8, 4) is 0 Å². The highest BCUT2D eigenvalue weighted by Crippen LogP contribution is 2.30. The van der Waals surface area contributed by atoms with Crippen LogP contribution in [-0.2, 0) is 11.0 Å². The number of anilines is 1. The van der Waals surface area contributed by atoms with Gasteiger partial charge in [-0.05, 0) is 37.0 Å². The van der Waals surface area contributed by atoms with Gasteiger partial charge in [-0.15, -0.1) is 0 Å². The van der Waals surface area contributed by atoms with Crippen LogP contribution in [-0.4, -0.2) is 36.5 Å². The number of nitrogens with one attached hydrogen (secondary N) is 2. The Morgan fingerprint density at radius 3 is 2.76 bits per heavy atom. The lowest BCUT2D eigenvalue weighted by molar-refractivity contribution is -0.137. The van der Waals surface area contributed by atoms with Crippen molar-refractivity contribution >= 4 is 17.6 Å². The second kappa shape index (κ2) is 8.22. The zero-order chi connectivity index (χ0) is 18.4. The Balaban J connectivity index is 1.93. The van der Waals surface area contributed by atoms with E-state index in [0.717, 1.165) is 25.0 Å². The summed E-state index contributed by atoms with van der Waals surface area (Å²) in [4.78, 5) is 25.2. The molecule has 0 spiro atoms. The standard InChI is InChI=1S/C17H22F3N3O2/c1-2-15(24)21-10-12-5-4-8-23(11-12)16(25)22-14-7-3-6-13(9-14)17(18,19)20/h3,6-7,9,12H,2,4-5,8,10-11H2,1H3,(H,21,24)(H,22,25). The Hall–Kier alpha value is -2.25. The Morgan fingerprint density at radius 2 is 2.08 bits per heavy atom. The van der Waals surface area contributed by atoms with Crippen molar-refractivity contribution in [1.82, 2.24) is 10.2 Å². The van der Waals surface area contributed by atoms with Gasteiger partial charge in [0.1, 0.15) is 0 Å². The molecule has 0 aliphatic carbocycles. The fourth-order valence-corrected chi connectivity index (χ4v) is 2.78. The maximum atomic E-state index is 12.7. The summed E-state index contributed by atoms with van der Waals surface area (Å²) in [6, 6.07) is 4.14. The molecule has 1 saturated heterocycles. The summed E-state index contributed by atoms with van der Waals surface area (Å²) in [6.07, 6.45) is -2.35. The molecular weight excluding hydrogens is 335 g/mol. The number of hydrogen-bond donors (Lipinski definition) is 2. The Kier molecular flexibility index (Phi) is 6.27. The maximum Gasteiger partial charge on any atom is 0.416 e. The third-order valence-electron chi connectivity index (χ3n) is 4.16. The number of carbonyl (C=O) groups is 2. The van der Waals surface area contributed by atoms with E-state index >= 15 is 0 Å². The Labute approximate surface area is 144 Å². The predicted molar refractivity (Wildman–Crippen MR) is 88.1 cm³/mol. The molecular formula is C17H22F3N3O2. The third-order valence-corrected chi connectivity index (χ3v) is 4.16. The van der Waals surface area contributed by atoms with Gasteiger partial charge in [0.15, 0.2) is 0 Å². The maximum absolute atomic E-state index is 12.7. The van der Waals surface area contributed by atoms with Gasteiger partial charge in [0.2, 0.25) is 5.91 Å². The van der Waals surface area contributed by atoms with E-state index in [1.54, 1.807) is 11.8 Å². The first-order valence-electron chi connectivity index (χ1n) is 8.29. The van der Waals surface area contributed by atoms with E-state index in [2.05, 4.69) is 10.6 Å². The first kappa shape index (κ1) is 19.1. The molecule has 1 aromatic rings. The van der Waals surface area contributed by atoms with Gasteiger partial charge in [-0.1, -0.05) is 13.0 Å². The van der Waals surface area contributed by atoms with Gasteiger partial charge in [-0.25, -0.2) is 4.79 Å². The summed E-state index contributed by atoms with van der Waals surface area (Å²) in [5, 5.41) is 5.33. The normalized spacial score (nSPS) is 17.9. The largest absolute Gasteiger partial charge is 0.416 e. The van der Waals surface area contributed by atoms with Crippen LogP contribution in [0.4, 0.5) is 23.7 Å². The van der Waals surface area contributed by atoms with E-state index < -0.39 is 17.8 Å². The number of rotatable bonds is 4. The minimum atomic E-state index is -4.45. The summed E-state index contributed by atoms with van der Waals surface area (Å²) in [6.45, 7) is 3.28. The molecule has 8 heteroatoms. The lowest BCUT2D eigenvalue weighted by Crippen LogP contribution is -2.45. The van der Waals surface area contributed by atoms with Gasteiger partial charge in [-0.2, -0.15) is 13.2 Å². The molecule has 5 nitrogen and oxygen atoms in total. The zero-order valence-corrected chi connectivity index (χ0v) is 14.0. The van der Waals surface area contributed by atoms with Gasteiger partial charge < -0.3 is 15.5 Å². The average Bonchev–Trinajstić information content (AvgIpc) is 2.59. The summed E-state index contributed by atoms with van der Waals surface area (Å²) in [5.41, 5.74) is -0.690. The van der Waals surface area contributed by atoms with Crippen molar-refractivity contribution in [3.63, 3.8) is 0 Å². The van der Waals surface area contributed by atoms with Crippen molar-refractivity contribution in [2.75, 3.05) is 25.0 Å². The van der Waals surface area contributed by atoms with Crippen LogP contribution in [0.15, 0.2) is 24.3 Å². The van der Waals surface area contributed by atoms with Gasteiger partial charge >= 0.3 is 12.2 Å². The fraction of sp³-hybridized carbons (Fsp3) is 0.529. The molecule has 0 bridgehead atoms. The van der Waals surface area contributed by atoms with E-state index in [0.29, 0.717) is 26.1 Å². The number of alkyl halides is 3. The summed E-state index contributed by atoms with van der Waals surface area (Å²) in [7, 11) is 0. The van der Waals surface area contributed by atoms with Gasteiger partial charge in [0.25, 0.3) is 0 Å². The second-order valence-electron chi connectivity index (χ2n) is 6.12. The molecule has 1 unspecified atom stereocenters. The summed E-state index contributed by atoms with van der Waals surface area (Å²) in [5.74, 6) is 0.113. The van der Waals surface area contributed by atoms with Gasteiger partial charge in [0, 0.05) is 31.7 Å². The minimum absolute atomic E-state index is 0.0365. The number of benzene rings is 1. The zero-order valence-electron chi connectivity index (χ0n) is 14.0. The molecule has 0 aromatic heterocycles. The topological polar surface area (TPSA) is 61.4 Å². The van der Waals surface area contributed by atoms with E-state index in [1.807, 2.05) is 0 Å². The van der Waals surface area contributed by atoms with Crippen molar-refractivity contribution in [2.24, 2.45) is 5.92 Å². The highest BCUT2D eigenvalue weighted by molar-refractivity contribution is 5.89. The SMILES string of the molecule is CCC(=O)NCC1CCCN(C(=O)Nc2cccc(C(F)(F)F)c2)C1. The van der Waals surface area contributed by atoms with Crippen LogP contribution >= 0.6 is 0 Å². The molecule has 2 rings (SSSR count). The summed E-state index contributed by atoms with van der Waals surface area (Å²) < 4.78 is 38.2. The van der Waals surface area contributed by atoms with E-state index in [1.165, 1.54) is 12.1 Å². The number of piperidine rings is 1.